The fourth-order valence-electron chi connectivity index (χ4n) is 2.04. The lowest BCUT2D eigenvalue weighted by atomic mass is 10.1. The first kappa shape index (κ1) is 19.6. The Morgan fingerprint density at radius 2 is 1.73 bits per heavy atom. The number of nitrogens with one attached hydrogen (secondary N) is 1. The Bertz CT molecular complexity index is 825. The predicted octanol–water partition coefficient (Wildman–Crippen LogP) is 3.50. The summed E-state index contributed by atoms with van der Waals surface area (Å²) in [4.78, 5) is 23.0. The number of nitrogens with zero attached hydrogens (tertiary/aromatic N) is 1. The highest BCUT2D eigenvalue weighted by molar-refractivity contribution is 7.82. The van der Waals surface area contributed by atoms with Crippen molar-refractivity contribution in [1.29, 1.82) is 0 Å². The molecule has 5 nitrogen and oxygen atoms in total. The van der Waals surface area contributed by atoms with Gasteiger partial charge in [0.05, 0.1) is 11.3 Å². The molecule has 26 heavy (non-hydrogen) atoms. The second-order valence-electron chi connectivity index (χ2n) is 5.19. The lowest BCUT2D eigenvalue weighted by Gasteiger charge is -2.17. The fraction of sp³-hybridized carbons (Fsp3) is 0.125. The van der Waals surface area contributed by atoms with E-state index in [0.717, 1.165) is 10.4 Å². The highest BCUT2D eigenvalue weighted by Crippen LogP contribution is 2.31. The lowest BCUT2D eigenvalue weighted by Crippen LogP contribution is -2.33. The maximum atomic E-state index is 13.2. The van der Waals surface area contributed by atoms with Crippen LogP contribution in [0, 0.1) is 5.82 Å². The van der Waals surface area contributed by atoms with Gasteiger partial charge in [-0.1, -0.05) is 18.9 Å². The van der Waals surface area contributed by atoms with E-state index in [4.69, 9.17) is 5.73 Å². The van der Waals surface area contributed by atoms with Crippen molar-refractivity contribution < 1.29 is 27.2 Å². The van der Waals surface area contributed by atoms with Gasteiger partial charge in [-0.2, -0.15) is 13.2 Å². The van der Waals surface area contributed by atoms with Crippen LogP contribution in [-0.2, 0) is 12.7 Å². The number of carbonyl (C=O) groups excluding carboxylic acids is 2. The van der Waals surface area contributed by atoms with Gasteiger partial charge >= 0.3 is 12.2 Å². The number of alkyl halides is 3. The van der Waals surface area contributed by atoms with E-state index in [1.807, 2.05) is 0 Å². The van der Waals surface area contributed by atoms with Gasteiger partial charge in [0.15, 0.2) is 0 Å². The van der Waals surface area contributed by atoms with Gasteiger partial charge in [-0.05, 0) is 42.0 Å². The molecule has 2 rings (SSSR count). The molecule has 0 aliphatic rings. The number of urea groups is 1. The number of benzene rings is 2. The largest absolute Gasteiger partial charge is 0.419 e. The Hall–Kier alpha value is -2.75. The van der Waals surface area contributed by atoms with E-state index >= 15 is 0 Å². The Balaban J connectivity index is 2.05. The number of hydrogen-bond acceptors (Lipinski definition) is 3. The van der Waals surface area contributed by atoms with Crippen molar-refractivity contribution in [1.82, 2.24) is 5.32 Å². The van der Waals surface area contributed by atoms with Gasteiger partial charge in [0.25, 0.3) is 0 Å². The van der Waals surface area contributed by atoms with Gasteiger partial charge in [0, 0.05) is 12.1 Å². The second kappa shape index (κ2) is 7.65. The number of hydrogen-bond donors (Lipinski definition) is 3. The van der Waals surface area contributed by atoms with E-state index in [0.29, 0.717) is 17.8 Å². The van der Waals surface area contributed by atoms with Gasteiger partial charge in [0.1, 0.15) is 5.82 Å². The summed E-state index contributed by atoms with van der Waals surface area (Å²) < 4.78 is 52.2. The topological polar surface area (TPSA) is 75.4 Å². The normalized spacial score (nSPS) is 11.1. The molecule has 0 spiro atoms. The van der Waals surface area contributed by atoms with Crippen molar-refractivity contribution >= 4 is 30.4 Å². The summed E-state index contributed by atoms with van der Waals surface area (Å²) in [6, 6.07) is 7.35. The van der Waals surface area contributed by atoms with Crippen molar-refractivity contribution in [3.05, 3.63) is 65.0 Å². The van der Waals surface area contributed by atoms with Crippen LogP contribution in [-0.4, -0.2) is 11.9 Å². The van der Waals surface area contributed by atoms with Gasteiger partial charge in [0.2, 0.25) is 5.91 Å². The second-order valence-corrected chi connectivity index (χ2v) is 5.59. The van der Waals surface area contributed by atoms with Crippen LogP contribution in [0.5, 0.6) is 0 Å². The van der Waals surface area contributed by atoms with Gasteiger partial charge in [-0.25, -0.2) is 13.5 Å². The molecule has 0 fully saturated rings. The summed E-state index contributed by atoms with van der Waals surface area (Å²) in [6.45, 7) is -0.265. The summed E-state index contributed by atoms with van der Waals surface area (Å²) in [5.74, 6) is -2.03. The van der Waals surface area contributed by atoms with Crippen molar-refractivity contribution in [2.75, 3.05) is 4.31 Å². The summed E-state index contributed by atoms with van der Waals surface area (Å²) in [5.41, 5.74) is 4.32. The molecule has 3 amide bonds. The van der Waals surface area contributed by atoms with Crippen LogP contribution in [0.2, 0.25) is 0 Å². The van der Waals surface area contributed by atoms with Crippen LogP contribution in [0.25, 0.3) is 0 Å². The van der Waals surface area contributed by atoms with E-state index in [-0.39, 0.29) is 17.7 Å². The first-order chi connectivity index (χ1) is 12.1. The van der Waals surface area contributed by atoms with Crippen LogP contribution in [0.4, 0.5) is 28.0 Å². The molecule has 10 heteroatoms. The smallest absolute Gasteiger partial charge is 0.366 e. The van der Waals surface area contributed by atoms with Gasteiger partial charge in [-0.15, -0.1) is 0 Å². The molecule has 3 N–H and O–H groups in total. The first-order valence-corrected chi connectivity index (χ1v) is 7.52. The molecule has 0 aliphatic carbocycles. The number of primary amides is 1. The van der Waals surface area contributed by atoms with Crippen LogP contribution in [0.1, 0.15) is 21.5 Å². The average molecular weight is 387 g/mol. The Kier molecular flexibility index (Phi) is 5.76. The molecule has 0 unspecified atom stereocenters. The minimum atomic E-state index is -4.83. The van der Waals surface area contributed by atoms with E-state index in [1.165, 1.54) is 24.3 Å². The van der Waals surface area contributed by atoms with E-state index in [1.54, 1.807) is 0 Å². The lowest BCUT2D eigenvalue weighted by molar-refractivity contribution is -0.140. The number of anilines is 1. The fourth-order valence-corrected chi connectivity index (χ4v) is 2.24. The number of halogens is 4. The minimum Gasteiger partial charge on any atom is -0.366 e. The molecule has 0 saturated carbocycles. The number of carbonyl (C=O) groups is 2. The number of nitrogens with two attached hydrogens (primary N) is 1. The Labute approximate surface area is 151 Å². The van der Waals surface area contributed by atoms with Crippen molar-refractivity contribution in [3.8, 4) is 0 Å². The molecule has 138 valence electrons. The third kappa shape index (κ3) is 4.66. The SMILES string of the molecule is NC(=O)c1ccc(N(S)C(=O)NCc2ccc(F)c(C(F)(F)F)c2)cc1. The highest BCUT2D eigenvalue weighted by Gasteiger charge is 2.34. The molecule has 0 heterocycles. The monoisotopic (exact) mass is 387 g/mol. The van der Waals surface area contributed by atoms with Crippen molar-refractivity contribution in [2.24, 2.45) is 5.73 Å². The predicted molar refractivity (Wildman–Crippen MR) is 90.1 cm³/mol. The molecular weight excluding hydrogens is 374 g/mol. The van der Waals surface area contributed by atoms with Gasteiger partial charge in [-0.3, -0.25) is 4.79 Å². The van der Waals surface area contributed by atoms with E-state index in [2.05, 4.69) is 18.1 Å². The average Bonchev–Trinajstić information content (AvgIpc) is 2.59. The number of amides is 3. The summed E-state index contributed by atoms with van der Waals surface area (Å²) >= 11 is 3.99. The zero-order valence-electron chi connectivity index (χ0n) is 13.0. The maximum absolute atomic E-state index is 13.2. The maximum Gasteiger partial charge on any atom is 0.419 e. The summed E-state index contributed by atoms with van der Waals surface area (Å²) in [5, 5.41) is 2.36. The molecule has 2 aromatic carbocycles. The molecule has 0 aromatic heterocycles. The minimum absolute atomic E-state index is 0.0675. The molecule has 2 aromatic rings. The molecule has 0 bridgehead atoms. The van der Waals surface area contributed by atoms with Crippen molar-refractivity contribution in [3.63, 3.8) is 0 Å². The zero-order valence-corrected chi connectivity index (χ0v) is 13.9. The van der Waals surface area contributed by atoms with Gasteiger partial charge < -0.3 is 11.1 Å². The Morgan fingerprint density at radius 1 is 1.12 bits per heavy atom. The molecule has 0 aliphatic heterocycles. The Morgan fingerprint density at radius 3 is 2.27 bits per heavy atom. The molecule has 0 saturated heterocycles. The third-order valence-electron chi connectivity index (χ3n) is 3.37. The molecular formula is C16H13F4N3O2S. The number of thiol groups is 1. The quantitative estimate of drug-likeness (QED) is 0.555. The zero-order chi connectivity index (χ0) is 19.5. The van der Waals surface area contributed by atoms with E-state index < -0.39 is 29.5 Å². The van der Waals surface area contributed by atoms with Crippen LogP contribution < -0.4 is 15.4 Å². The number of rotatable bonds is 4. The van der Waals surface area contributed by atoms with Crippen molar-refractivity contribution in [2.45, 2.75) is 12.7 Å². The molecule has 0 atom stereocenters. The van der Waals surface area contributed by atoms with Crippen LogP contribution in [0.15, 0.2) is 42.5 Å². The highest BCUT2D eigenvalue weighted by atomic mass is 32.1. The van der Waals surface area contributed by atoms with Crippen LogP contribution in [0.3, 0.4) is 0 Å². The summed E-state index contributed by atoms with van der Waals surface area (Å²) in [6.07, 6.45) is -4.83. The third-order valence-corrected chi connectivity index (χ3v) is 3.78. The summed E-state index contributed by atoms with van der Waals surface area (Å²) in [7, 11) is 0. The van der Waals surface area contributed by atoms with Crippen LogP contribution >= 0.6 is 12.8 Å². The van der Waals surface area contributed by atoms with E-state index in [9.17, 15) is 27.2 Å². The molecule has 0 radical (unpaired) electrons. The first-order valence-electron chi connectivity index (χ1n) is 7.12. The standard InChI is InChI=1S/C16H13F4N3O2S/c17-13-6-1-9(7-12(13)16(18,19)20)8-22-15(25)23(26)11-4-2-10(3-5-11)14(21)24/h1-7,26H,8H2,(H2,21,24)(H,22,25).